The Morgan fingerprint density at radius 1 is 0.875 bits per heavy atom. The van der Waals surface area contributed by atoms with Gasteiger partial charge in [-0.1, -0.05) is 18.2 Å². The average molecular weight is 207 g/mol. The predicted octanol–water partition coefficient (Wildman–Crippen LogP) is 2.69. The molecule has 0 aliphatic rings. The van der Waals surface area contributed by atoms with Crippen LogP contribution in [0.1, 0.15) is 0 Å². The molecule has 2 aromatic heterocycles. The molecule has 3 nitrogen and oxygen atoms in total. The summed E-state index contributed by atoms with van der Waals surface area (Å²) in [6.45, 7) is 0. The Kier molecular flexibility index (Phi) is 2.07. The first kappa shape index (κ1) is 8.97. The molecule has 2 heterocycles. The Morgan fingerprint density at radius 3 is 2.69 bits per heavy atom. The van der Waals surface area contributed by atoms with E-state index in [1.54, 1.807) is 12.5 Å². The Bertz CT molecular complexity index is 615. The van der Waals surface area contributed by atoms with Gasteiger partial charge in [-0.05, 0) is 18.2 Å². The van der Waals surface area contributed by atoms with Gasteiger partial charge >= 0.3 is 0 Å². The number of pyridine rings is 1. The lowest BCUT2D eigenvalue weighted by atomic mass is 10.1. The summed E-state index contributed by atoms with van der Waals surface area (Å²) < 4.78 is 0. The number of nitrogens with zero attached hydrogens (tertiary/aromatic N) is 3. The van der Waals surface area contributed by atoms with Crippen molar-refractivity contribution in [1.29, 1.82) is 0 Å². The van der Waals surface area contributed by atoms with Crippen LogP contribution in [0.3, 0.4) is 0 Å². The molecule has 0 N–H and O–H groups in total. The van der Waals surface area contributed by atoms with Crippen LogP contribution in [-0.4, -0.2) is 15.0 Å². The first-order chi connectivity index (χ1) is 7.95. The third kappa shape index (κ3) is 1.42. The Morgan fingerprint density at radius 2 is 1.81 bits per heavy atom. The average Bonchev–Trinajstić information content (AvgIpc) is 2.39. The largest absolute Gasteiger partial charge is 0.264 e. The third-order valence-corrected chi connectivity index (χ3v) is 2.48. The van der Waals surface area contributed by atoms with Gasteiger partial charge in [-0.25, -0.2) is 9.97 Å². The molecular formula is C13H9N3. The molecular weight excluding hydrogens is 198 g/mol. The lowest BCUT2D eigenvalue weighted by Crippen LogP contribution is -1.88. The van der Waals surface area contributed by atoms with Crippen LogP contribution in [0.25, 0.3) is 22.2 Å². The maximum Gasteiger partial charge on any atom is 0.116 e. The Labute approximate surface area is 92.8 Å². The van der Waals surface area contributed by atoms with Crippen LogP contribution >= 0.6 is 0 Å². The Balaban J connectivity index is 2.32. The van der Waals surface area contributed by atoms with Gasteiger partial charge in [0.25, 0.3) is 0 Å². The molecule has 0 spiro atoms. The molecule has 0 bridgehead atoms. The van der Waals surface area contributed by atoms with Gasteiger partial charge in [0.1, 0.15) is 6.33 Å². The molecule has 0 unspecified atom stereocenters. The van der Waals surface area contributed by atoms with E-state index < -0.39 is 0 Å². The molecule has 0 aliphatic carbocycles. The summed E-state index contributed by atoms with van der Waals surface area (Å²) in [4.78, 5) is 12.7. The molecule has 3 rings (SSSR count). The van der Waals surface area contributed by atoms with E-state index in [0.29, 0.717) is 0 Å². The van der Waals surface area contributed by atoms with E-state index in [-0.39, 0.29) is 0 Å². The molecule has 76 valence electrons. The van der Waals surface area contributed by atoms with Crippen molar-refractivity contribution in [3.05, 3.63) is 55.1 Å². The smallest absolute Gasteiger partial charge is 0.116 e. The van der Waals surface area contributed by atoms with Gasteiger partial charge in [-0.3, -0.25) is 4.98 Å². The summed E-state index contributed by atoms with van der Waals surface area (Å²) in [7, 11) is 0. The lowest BCUT2D eigenvalue weighted by molar-refractivity contribution is 1.21. The molecule has 0 fully saturated rings. The summed E-state index contributed by atoms with van der Waals surface area (Å²) in [6, 6.07) is 11.9. The molecule has 0 amide bonds. The fourth-order valence-electron chi connectivity index (χ4n) is 1.74. The summed E-state index contributed by atoms with van der Waals surface area (Å²) in [6.07, 6.45) is 5.16. The highest BCUT2D eigenvalue weighted by Crippen LogP contribution is 2.23. The predicted molar refractivity (Wildman–Crippen MR) is 62.8 cm³/mol. The number of rotatable bonds is 1. The highest BCUT2D eigenvalue weighted by atomic mass is 14.8. The standard InChI is InChI=1S/C13H9N3/c1-2-6-12-11(5-1)13(16-9-15-12)10-4-3-7-14-8-10/h1-9H. The van der Waals surface area contributed by atoms with E-state index in [4.69, 9.17) is 0 Å². The molecule has 16 heavy (non-hydrogen) atoms. The van der Waals surface area contributed by atoms with Crippen molar-refractivity contribution < 1.29 is 0 Å². The second-order valence-electron chi connectivity index (χ2n) is 3.48. The number of para-hydroxylation sites is 1. The third-order valence-electron chi connectivity index (χ3n) is 2.48. The molecule has 3 aromatic rings. The Hall–Kier alpha value is -2.29. The van der Waals surface area contributed by atoms with Gasteiger partial charge in [-0.2, -0.15) is 0 Å². The molecule has 0 aliphatic heterocycles. The first-order valence-corrected chi connectivity index (χ1v) is 5.05. The van der Waals surface area contributed by atoms with Crippen LogP contribution in [0.2, 0.25) is 0 Å². The second-order valence-corrected chi connectivity index (χ2v) is 3.48. The fourth-order valence-corrected chi connectivity index (χ4v) is 1.74. The van der Waals surface area contributed by atoms with Crippen molar-refractivity contribution in [3.63, 3.8) is 0 Å². The summed E-state index contributed by atoms with van der Waals surface area (Å²) in [5.41, 5.74) is 2.90. The van der Waals surface area contributed by atoms with Gasteiger partial charge < -0.3 is 0 Å². The maximum atomic E-state index is 4.33. The first-order valence-electron chi connectivity index (χ1n) is 5.05. The van der Waals surface area contributed by atoms with E-state index in [9.17, 15) is 0 Å². The SMILES string of the molecule is c1cncc(-c2ncnc3ccccc23)c1. The van der Waals surface area contributed by atoms with Crippen molar-refractivity contribution in [2.24, 2.45) is 0 Å². The molecule has 1 aromatic carbocycles. The van der Waals surface area contributed by atoms with Crippen molar-refractivity contribution in [3.8, 4) is 11.3 Å². The van der Waals surface area contributed by atoms with E-state index in [0.717, 1.165) is 22.2 Å². The van der Waals surface area contributed by atoms with Crippen LogP contribution in [0, 0.1) is 0 Å². The minimum absolute atomic E-state index is 0.929. The minimum atomic E-state index is 0.929. The topological polar surface area (TPSA) is 38.7 Å². The summed E-state index contributed by atoms with van der Waals surface area (Å²) in [5, 5.41) is 1.05. The lowest BCUT2D eigenvalue weighted by Gasteiger charge is -2.03. The zero-order valence-electron chi connectivity index (χ0n) is 8.54. The van der Waals surface area contributed by atoms with Crippen molar-refractivity contribution >= 4 is 10.9 Å². The van der Waals surface area contributed by atoms with Crippen molar-refractivity contribution in [1.82, 2.24) is 15.0 Å². The van der Waals surface area contributed by atoms with E-state index in [1.165, 1.54) is 0 Å². The fraction of sp³-hybridized carbons (Fsp3) is 0. The van der Waals surface area contributed by atoms with Gasteiger partial charge in [0.2, 0.25) is 0 Å². The maximum absolute atomic E-state index is 4.33. The molecule has 0 radical (unpaired) electrons. The second kappa shape index (κ2) is 3.70. The van der Waals surface area contributed by atoms with Crippen LogP contribution in [0.5, 0.6) is 0 Å². The highest BCUT2D eigenvalue weighted by molar-refractivity contribution is 5.91. The van der Waals surface area contributed by atoms with E-state index >= 15 is 0 Å². The van der Waals surface area contributed by atoms with Crippen LogP contribution < -0.4 is 0 Å². The number of hydrogen-bond acceptors (Lipinski definition) is 3. The number of benzene rings is 1. The van der Waals surface area contributed by atoms with Crippen LogP contribution in [0.4, 0.5) is 0 Å². The number of fused-ring (bicyclic) bond motifs is 1. The molecule has 0 saturated carbocycles. The number of aromatic nitrogens is 3. The highest BCUT2D eigenvalue weighted by Gasteiger charge is 2.04. The van der Waals surface area contributed by atoms with Gasteiger partial charge in [-0.15, -0.1) is 0 Å². The zero-order chi connectivity index (χ0) is 10.8. The van der Waals surface area contributed by atoms with Crippen LogP contribution in [-0.2, 0) is 0 Å². The normalized spacial score (nSPS) is 10.5. The monoisotopic (exact) mass is 207 g/mol. The van der Waals surface area contributed by atoms with Crippen LogP contribution in [0.15, 0.2) is 55.1 Å². The minimum Gasteiger partial charge on any atom is -0.264 e. The van der Waals surface area contributed by atoms with Crippen molar-refractivity contribution in [2.75, 3.05) is 0 Å². The quantitative estimate of drug-likeness (QED) is 0.615. The zero-order valence-corrected chi connectivity index (χ0v) is 8.54. The van der Waals surface area contributed by atoms with Crippen molar-refractivity contribution in [2.45, 2.75) is 0 Å². The molecule has 3 heteroatoms. The van der Waals surface area contributed by atoms with Gasteiger partial charge in [0.15, 0.2) is 0 Å². The van der Waals surface area contributed by atoms with E-state index in [1.807, 2.05) is 42.6 Å². The molecule has 0 saturated heterocycles. The molecule has 0 atom stereocenters. The van der Waals surface area contributed by atoms with Gasteiger partial charge in [0, 0.05) is 23.3 Å². The van der Waals surface area contributed by atoms with Gasteiger partial charge in [0.05, 0.1) is 11.2 Å². The summed E-state index contributed by atoms with van der Waals surface area (Å²) >= 11 is 0. The number of hydrogen-bond donors (Lipinski definition) is 0. The van der Waals surface area contributed by atoms with E-state index in [2.05, 4.69) is 15.0 Å². The summed E-state index contributed by atoms with van der Waals surface area (Å²) in [5.74, 6) is 0.